The standard InChI is InChI=1S/C6H5F.BF4/c7-6-4-2-1-3-5-6;2-1(3,4)5/h1-5H;/q;-1. The average Bonchev–Trinajstić information content (AvgIpc) is 1.85. The number of halogens is 5. The second-order valence-corrected chi connectivity index (χ2v) is 1.79. The molecule has 0 bridgehead atoms. The Hall–Kier alpha value is -1.07. The van der Waals surface area contributed by atoms with Gasteiger partial charge in [0.2, 0.25) is 0 Å². The molecule has 0 atom stereocenters. The van der Waals surface area contributed by atoms with Crippen molar-refractivity contribution < 1.29 is 21.7 Å². The third-order valence-corrected chi connectivity index (χ3v) is 0.733. The van der Waals surface area contributed by atoms with Crippen LogP contribution in [0.5, 0.6) is 0 Å². The molecule has 68 valence electrons. The Balaban J connectivity index is 0.000000217. The van der Waals surface area contributed by atoms with E-state index in [1.807, 2.05) is 0 Å². The largest absolute Gasteiger partial charge is 0.673 e. The van der Waals surface area contributed by atoms with E-state index >= 15 is 0 Å². The quantitative estimate of drug-likeness (QED) is 0.428. The van der Waals surface area contributed by atoms with E-state index in [1.54, 1.807) is 18.2 Å². The van der Waals surface area contributed by atoms with Crippen LogP contribution in [-0.2, 0) is 0 Å². The topological polar surface area (TPSA) is 0 Å². The van der Waals surface area contributed by atoms with Gasteiger partial charge in [0.25, 0.3) is 0 Å². The van der Waals surface area contributed by atoms with Gasteiger partial charge in [-0.25, -0.2) is 4.39 Å². The van der Waals surface area contributed by atoms with Crippen molar-refractivity contribution in [2.24, 2.45) is 0 Å². The van der Waals surface area contributed by atoms with Gasteiger partial charge in [-0.2, -0.15) is 0 Å². The highest BCUT2D eigenvalue weighted by atomic mass is 19.5. The van der Waals surface area contributed by atoms with Gasteiger partial charge in [0.05, 0.1) is 0 Å². The van der Waals surface area contributed by atoms with Crippen LogP contribution < -0.4 is 0 Å². The van der Waals surface area contributed by atoms with Crippen molar-refractivity contribution in [2.45, 2.75) is 0 Å². The van der Waals surface area contributed by atoms with E-state index < -0.39 is 7.25 Å². The van der Waals surface area contributed by atoms with Gasteiger partial charge in [-0.15, -0.1) is 0 Å². The molecule has 6 heteroatoms. The molecule has 0 saturated heterocycles. The molecule has 0 N–H and O–H groups in total. The number of benzene rings is 1. The highest BCUT2D eigenvalue weighted by Crippen LogP contribution is 2.06. The maximum atomic E-state index is 11.9. The summed E-state index contributed by atoms with van der Waals surface area (Å²) in [6.45, 7) is 0. The lowest BCUT2D eigenvalue weighted by Crippen LogP contribution is -2.02. The fourth-order valence-corrected chi connectivity index (χ4v) is 0.415. The van der Waals surface area contributed by atoms with Crippen molar-refractivity contribution in [3.05, 3.63) is 36.1 Å². The summed E-state index contributed by atoms with van der Waals surface area (Å²) in [6.07, 6.45) is 0. The lowest BCUT2D eigenvalue weighted by atomic mass is 10.3. The zero-order valence-corrected chi connectivity index (χ0v) is 5.85. The minimum absolute atomic E-state index is 0.178. The first-order chi connectivity index (χ1) is 5.39. The molecule has 0 heterocycles. The first kappa shape index (κ1) is 10.9. The predicted molar refractivity (Wildman–Crippen MR) is 36.6 cm³/mol. The first-order valence-electron chi connectivity index (χ1n) is 2.97. The lowest BCUT2D eigenvalue weighted by molar-refractivity contribution is 0.368. The monoisotopic (exact) mass is 183 g/mol. The second kappa shape index (κ2) is 4.74. The molecule has 0 unspecified atom stereocenters. The third-order valence-electron chi connectivity index (χ3n) is 0.733. The molecule has 0 spiro atoms. The molecule has 0 aromatic heterocycles. The van der Waals surface area contributed by atoms with Crippen LogP contribution in [0.1, 0.15) is 0 Å². The Morgan fingerprint density at radius 2 is 1.17 bits per heavy atom. The summed E-state index contributed by atoms with van der Waals surface area (Å²) in [5, 5.41) is 0. The van der Waals surface area contributed by atoms with Gasteiger partial charge < -0.3 is 17.3 Å². The Morgan fingerprint density at radius 3 is 1.33 bits per heavy atom. The van der Waals surface area contributed by atoms with Gasteiger partial charge in [-0.1, -0.05) is 18.2 Å². The SMILES string of the molecule is F[B-](F)(F)F.Fc1ccccc1. The molecule has 0 radical (unpaired) electrons. The van der Waals surface area contributed by atoms with Crippen LogP contribution in [0.3, 0.4) is 0 Å². The molecule has 0 aliphatic rings. The molecular weight excluding hydrogens is 178 g/mol. The van der Waals surface area contributed by atoms with E-state index in [0.29, 0.717) is 0 Å². The highest BCUT2D eigenvalue weighted by molar-refractivity contribution is 6.50. The Labute approximate surface area is 66.1 Å². The summed E-state index contributed by atoms with van der Waals surface area (Å²) in [5.74, 6) is -0.178. The average molecular weight is 183 g/mol. The van der Waals surface area contributed by atoms with Crippen molar-refractivity contribution in [1.82, 2.24) is 0 Å². The summed E-state index contributed by atoms with van der Waals surface area (Å²) < 4.78 is 50.9. The van der Waals surface area contributed by atoms with Crippen LogP contribution >= 0.6 is 0 Å². The van der Waals surface area contributed by atoms with Crippen LogP contribution in [0.4, 0.5) is 21.7 Å². The molecule has 12 heavy (non-hydrogen) atoms. The van der Waals surface area contributed by atoms with E-state index in [-0.39, 0.29) is 5.82 Å². The van der Waals surface area contributed by atoms with E-state index in [4.69, 9.17) is 0 Å². The van der Waals surface area contributed by atoms with Crippen molar-refractivity contribution in [3.8, 4) is 0 Å². The summed E-state index contributed by atoms with van der Waals surface area (Å²) in [7, 11) is -6.00. The second-order valence-electron chi connectivity index (χ2n) is 1.79. The molecule has 0 fully saturated rings. The normalized spacial score (nSPS) is 10.1. The molecule has 1 rings (SSSR count). The molecule has 1 aromatic rings. The van der Waals surface area contributed by atoms with Crippen LogP contribution in [0.15, 0.2) is 30.3 Å². The fourth-order valence-electron chi connectivity index (χ4n) is 0.415. The smallest absolute Gasteiger partial charge is 0.418 e. The van der Waals surface area contributed by atoms with Crippen LogP contribution in [-0.4, -0.2) is 7.25 Å². The molecule has 0 aliphatic carbocycles. The molecule has 0 saturated carbocycles. The summed E-state index contributed by atoms with van der Waals surface area (Å²) in [5.41, 5.74) is 0. The van der Waals surface area contributed by atoms with E-state index in [0.717, 1.165) is 0 Å². The maximum absolute atomic E-state index is 11.9. The van der Waals surface area contributed by atoms with Gasteiger partial charge >= 0.3 is 7.25 Å². The molecule has 0 amide bonds. The van der Waals surface area contributed by atoms with E-state index in [9.17, 15) is 21.7 Å². The van der Waals surface area contributed by atoms with Crippen molar-refractivity contribution >= 4 is 7.25 Å². The predicted octanol–water partition coefficient (Wildman–Crippen LogP) is 3.13. The molecule has 1 aromatic carbocycles. The number of rotatable bonds is 0. The van der Waals surface area contributed by atoms with Gasteiger partial charge in [0, 0.05) is 0 Å². The van der Waals surface area contributed by atoms with Crippen LogP contribution in [0, 0.1) is 5.82 Å². The van der Waals surface area contributed by atoms with Crippen LogP contribution in [0.2, 0.25) is 0 Å². The van der Waals surface area contributed by atoms with E-state index in [1.165, 1.54) is 12.1 Å². The Kier molecular flexibility index (Phi) is 4.32. The summed E-state index contributed by atoms with van der Waals surface area (Å²) >= 11 is 0. The highest BCUT2D eigenvalue weighted by Gasteiger charge is 2.20. The third kappa shape index (κ3) is 11.7. The lowest BCUT2D eigenvalue weighted by Gasteiger charge is -1.94. The zero-order valence-electron chi connectivity index (χ0n) is 5.85. The van der Waals surface area contributed by atoms with Gasteiger partial charge in [0.15, 0.2) is 0 Å². The molecule has 0 nitrogen and oxygen atoms in total. The Bertz CT molecular complexity index is 201. The van der Waals surface area contributed by atoms with Crippen molar-refractivity contribution in [1.29, 1.82) is 0 Å². The Morgan fingerprint density at radius 1 is 0.833 bits per heavy atom. The minimum atomic E-state index is -6.00. The van der Waals surface area contributed by atoms with Gasteiger partial charge in [-0.3, -0.25) is 0 Å². The van der Waals surface area contributed by atoms with E-state index in [2.05, 4.69) is 0 Å². The van der Waals surface area contributed by atoms with Crippen molar-refractivity contribution in [3.63, 3.8) is 0 Å². The molecular formula is C6H5BF5-. The number of hydrogen-bond donors (Lipinski definition) is 0. The fraction of sp³-hybridized carbons (Fsp3) is 0. The van der Waals surface area contributed by atoms with Gasteiger partial charge in [-0.05, 0) is 12.1 Å². The number of hydrogen-bond acceptors (Lipinski definition) is 0. The first-order valence-corrected chi connectivity index (χ1v) is 2.97. The minimum Gasteiger partial charge on any atom is -0.418 e. The zero-order chi connectivity index (χ0) is 9.61. The van der Waals surface area contributed by atoms with Crippen molar-refractivity contribution in [2.75, 3.05) is 0 Å². The summed E-state index contributed by atoms with van der Waals surface area (Å²) in [6, 6.07) is 7.94. The summed E-state index contributed by atoms with van der Waals surface area (Å²) in [4.78, 5) is 0. The molecule has 0 aliphatic heterocycles. The van der Waals surface area contributed by atoms with Gasteiger partial charge in [0.1, 0.15) is 5.82 Å². The maximum Gasteiger partial charge on any atom is 0.673 e. The van der Waals surface area contributed by atoms with Crippen LogP contribution in [0.25, 0.3) is 0 Å².